The Kier molecular flexibility index (Phi) is 32.5. The van der Waals surface area contributed by atoms with Gasteiger partial charge in [-0.15, -0.1) is 0 Å². The number of amides is 9. The highest BCUT2D eigenvalue weighted by Crippen LogP contribution is 2.20. The van der Waals surface area contributed by atoms with Crippen molar-refractivity contribution in [3.63, 3.8) is 0 Å². The Morgan fingerprint density at radius 3 is 2.05 bits per heavy atom. The number of aliphatic hydroxyl groups excluding tert-OH is 1. The molecular formula is C49H87N19O10. The van der Waals surface area contributed by atoms with Crippen LogP contribution in [0, 0.1) is 11.3 Å². The minimum atomic E-state index is -1.37. The molecule has 0 radical (unpaired) electrons. The highest BCUT2D eigenvalue weighted by molar-refractivity contribution is 6.40. The molecule has 1 unspecified atom stereocenters. The normalized spacial score (nSPS) is 15.5. The van der Waals surface area contributed by atoms with Crippen LogP contribution in [-0.4, -0.2) is 180 Å². The number of guanidine groups is 1. The second-order valence-corrected chi connectivity index (χ2v) is 19.1. The number of hydrogen-bond acceptors (Lipinski definition) is 17. The maximum absolute atomic E-state index is 14.4. The van der Waals surface area contributed by atoms with Crippen molar-refractivity contribution in [3.8, 4) is 0 Å². The van der Waals surface area contributed by atoms with Gasteiger partial charge in [-0.2, -0.15) is 0 Å². The summed E-state index contributed by atoms with van der Waals surface area (Å²) in [5, 5.41) is 38.5. The lowest BCUT2D eigenvalue weighted by atomic mass is 10.0. The van der Waals surface area contributed by atoms with E-state index in [9.17, 15) is 48.3 Å². The number of unbranched alkanes of at least 4 members (excludes halogenated alkanes) is 3. The van der Waals surface area contributed by atoms with Crippen LogP contribution in [0.25, 0.3) is 0 Å². The van der Waals surface area contributed by atoms with Crippen LogP contribution in [0.5, 0.6) is 0 Å². The molecule has 2 heterocycles. The van der Waals surface area contributed by atoms with Crippen LogP contribution in [0.3, 0.4) is 0 Å². The number of H-pyrrole nitrogens is 1. The number of nitrogens with two attached hydrogens (primary N) is 6. The van der Waals surface area contributed by atoms with Crippen molar-refractivity contribution in [2.45, 2.75) is 146 Å². The van der Waals surface area contributed by atoms with E-state index < -0.39 is 102 Å². The van der Waals surface area contributed by atoms with E-state index in [2.05, 4.69) is 57.5 Å². The molecule has 78 heavy (non-hydrogen) atoms. The van der Waals surface area contributed by atoms with E-state index in [0.717, 1.165) is 0 Å². The molecule has 9 amide bonds. The molecule has 1 aliphatic heterocycles. The van der Waals surface area contributed by atoms with Crippen molar-refractivity contribution in [2.75, 3.05) is 58.9 Å². The van der Waals surface area contributed by atoms with Crippen LogP contribution in [0.15, 0.2) is 29.3 Å². The Morgan fingerprint density at radius 1 is 0.795 bits per heavy atom. The van der Waals surface area contributed by atoms with E-state index in [1.54, 1.807) is 13.8 Å². The highest BCUT2D eigenvalue weighted by atomic mass is 16.3. The van der Waals surface area contributed by atoms with Crippen molar-refractivity contribution >= 4 is 64.8 Å². The number of nitrogens with one attached hydrogen (secondary N) is 10. The van der Waals surface area contributed by atoms with E-state index in [1.165, 1.54) is 23.5 Å². The largest absolute Gasteiger partial charge is 0.391 e. The quantitative estimate of drug-likeness (QED) is 0.0128. The minimum Gasteiger partial charge on any atom is -0.391 e. The molecule has 29 nitrogen and oxygen atoms in total. The average Bonchev–Trinajstić information content (AvgIpc) is 4.13. The number of hydrogen-bond donors (Lipinski definition) is 17. The predicted molar refractivity (Wildman–Crippen MR) is 291 cm³/mol. The Bertz CT molecular complexity index is 2160. The van der Waals surface area contributed by atoms with Gasteiger partial charge in [0.05, 0.1) is 25.4 Å². The molecule has 23 N–H and O–H groups in total. The highest BCUT2D eigenvalue weighted by Gasteiger charge is 2.38. The second-order valence-electron chi connectivity index (χ2n) is 19.1. The number of aliphatic hydroxyl groups is 1. The summed E-state index contributed by atoms with van der Waals surface area (Å²) in [5.41, 5.74) is 33.7. The molecule has 0 saturated carbocycles. The summed E-state index contributed by atoms with van der Waals surface area (Å²) in [5.74, 6) is -7.31. The minimum absolute atomic E-state index is 0.0422. The number of aliphatic imine (C=N–C) groups is 1. The Labute approximate surface area is 455 Å². The topological polar surface area (TPSA) is 494 Å². The van der Waals surface area contributed by atoms with Crippen molar-refractivity contribution in [2.24, 2.45) is 45.3 Å². The Balaban J connectivity index is 2.41. The van der Waals surface area contributed by atoms with Crippen molar-refractivity contribution in [3.05, 3.63) is 30.0 Å². The summed E-state index contributed by atoms with van der Waals surface area (Å²) < 4.78 is 0. The molecule has 1 aromatic heterocycles. The fraction of sp³-hybridized carbons (Fsp3) is 0.673. The number of rotatable bonds is 38. The number of likely N-dealkylation sites (tertiary alicyclic amines) is 1. The maximum atomic E-state index is 14.4. The maximum Gasteiger partial charge on any atom is 0.269 e. The van der Waals surface area contributed by atoms with Crippen LogP contribution < -0.4 is 76.9 Å². The van der Waals surface area contributed by atoms with Crippen LogP contribution in [0.1, 0.15) is 109 Å². The smallest absolute Gasteiger partial charge is 0.269 e. The molecule has 1 fully saturated rings. The first kappa shape index (κ1) is 67.2. The molecule has 1 saturated heterocycles. The summed E-state index contributed by atoms with van der Waals surface area (Å²) in [6, 6.07) is -5.88. The molecule has 0 bridgehead atoms. The molecule has 0 spiro atoms. The Hall–Kier alpha value is -6.92. The summed E-state index contributed by atoms with van der Waals surface area (Å²) in [4.78, 5) is 135. The van der Waals surface area contributed by atoms with Gasteiger partial charge in [0.2, 0.25) is 35.4 Å². The fourth-order valence-electron chi connectivity index (χ4n) is 8.03. The average molecular weight is 1100 g/mol. The van der Waals surface area contributed by atoms with Gasteiger partial charge in [-0.05, 0) is 116 Å². The van der Waals surface area contributed by atoms with Gasteiger partial charge in [-0.1, -0.05) is 19.9 Å². The SMILES string of the molecule is CC(C)C(NC(=O)C[C@@H](O)CN)C(=O)NCC(=O)/N=C(\CCCN)C(=O)N1CCC[C@H]1C(=O)N[C@@H](Cc1cnc[nH]1)C(=O)N[C@@H](CCCCN)C(=O)N/C(=C\CCNC(=N)N)C(=O)N[C@@H](CCCCN)C(=O)NCCCCN. The zero-order valence-corrected chi connectivity index (χ0v) is 45.2. The van der Waals surface area contributed by atoms with Crippen LogP contribution >= 0.6 is 0 Å². The van der Waals surface area contributed by atoms with Gasteiger partial charge in [0.1, 0.15) is 41.6 Å². The van der Waals surface area contributed by atoms with Crippen LogP contribution in [-0.2, 0) is 49.6 Å². The lowest BCUT2D eigenvalue weighted by molar-refractivity contribution is -0.136. The van der Waals surface area contributed by atoms with Crippen molar-refractivity contribution in [1.82, 2.24) is 57.4 Å². The van der Waals surface area contributed by atoms with Crippen molar-refractivity contribution < 1.29 is 48.3 Å². The third-order valence-electron chi connectivity index (χ3n) is 12.3. The molecule has 29 heteroatoms. The predicted octanol–water partition coefficient (Wildman–Crippen LogP) is -4.94. The molecule has 438 valence electrons. The molecule has 1 aromatic rings. The standard InChI is InChI=1S/C49H87N19O10/c1-30(2)41(67-39(70)25-32(69)26-54)47(77)60-28-40(71)62-36(14-9-20-53)48(78)68-23-11-16-38(68)46(76)66-37(24-31-27-57-29-61-31)45(75)65-34(13-4-6-18-51)43(73)64-35(15-10-22-59-49(55)56)44(74)63-33(12-3-5-17-50)42(72)58-21-8-7-19-52/h15,27,29-30,32-34,37-38,41,69H,3-14,16-26,28,50-54H2,1-2H3,(H,57,61)(H,58,72)(H,60,77)(H,63,74)(H,64,73)(H,65,75)(H,66,76)(H,67,70)(H4,55,56,59)/b35-15-,62-36+/t32-,33+,34+,37+,38+,41?/m1/s1. The first-order valence-electron chi connectivity index (χ1n) is 26.7. The fourth-order valence-corrected chi connectivity index (χ4v) is 8.03. The molecular weight excluding hydrogens is 1010 g/mol. The second kappa shape index (κ2) is 37.8. The molecule has 1 aliphatic rings. The number of aromatic amines is 1. The Morgan fingerprint density at radius 2 is 1.45 bits per heavy atom. The third-order valence-corrected chi connectivity index (χ3v) is 12.3. The monoisotopic (exact) mass is 1100 g/mol. The van der Waals surface area contributed by atoms with Gasteiger partial charge in [-0.25, -0.2) is 9.98 Å². The van der Waals surface area contributed by atoms with E-state index in [-0.39, 0.29) is 101 Å². The number of carbonyl (C=O) groups excluding carboxylic acids is 9. The lowest BCUT2D eigenvalue weighted by Gasteiger charge is -2.28. The zero-order chi connectivity index (χ0) is 58.0. The first-order chi connectivity index (χ1) is 37.3. The van der Waals surface area contributed by atoms with Gasteiger partial charge < -0.3 is 91.9 Å². The number of carbonyl (C=O) groups is 9. The summed E-state index contributed by atoms with van der Waals surface area (Å²) in [6.07, 6.45) is 6.90. The third kappa shape index (κ3) is 25.5. The zero-order valence-electron chi connectivity index (χ0n) is 45.2. The summed E-state index contributed by atoms with van der Waals surface area (Å²) in [6.45, 7) is 4.24. The van der Waals surface area contributed by atoms with Gasteiger partial charge in [0, 0.05) is 44.5 Å². The van der Waals surface area contributed by atoms with E-state index in [4.69, 9.17) is 39.8 Å². The van der Waals surface area contributed by atoms with E-state index in [0.29, 0.717) is 70.3 Å². The van der Waals surface area contributed by atoms with Crippen LogP contribution in [0.4, 0.5) is 0 Å². The van der Waals surface area contributed by atoms with Gasteiger partial charge >= 0.3 is 0 Å². The first-order valence-corrected chi connectivity index (χ1v) is 26.7. The number of imidazole rings is 1. The molecule has 0 aromatic carbocycles. The van der Waals surface area contributed by atoms with E-state index >= 15 is 0 Å². The van der Waals surface area contributed by atoms with Crippen molar-refractivity contribution in [1.29, 1.82) is 5.41 Å². The molecule has 6 atom stereocenters. The van der Waals surface area contributed by atoms with Gasteiger partial charge in [-0.3, -0.25) is 48.6 Å². The van der Waals surface area contributed by atoms with Gasteiger partial charge in [0.15, 0.2) is 5.96 Å². The van der Waals surface area contributed by atoms with Gasteiger partial charge in [0.25, 0.3) is 17.7 Å². The lowest BCUT2D eigenvalue weighted by Crippen LogP contribution is -2.57. The number of nitrogens with zero attached hydrogens (tertiary/aromatic N) is 3. The molecule has 2 rings (SSSR count). The number of aromatic nitrogens is 2. The molecule has 0 aliphatic carbocycles. The van der Waals surface area contributed by atoms with Crippen LogP contribution in [0.2, 0.25) is 0 Å². The van der Waals surface area contributed by atoms with E-state index in [1.807, 2.05) is 0 Å². The summed E-state index contributed by atoms with van der Waals surface area (Å²) >= 11 is 0. The summed E-state index contributed by atoms with van der Waals surface area (Å²) in [7, 11) is 0.